The topological polar surface area (TPSA) is 91.8 Å². The van der Waals surface area contributed by atoms with E-state index >= 15 is 0 Å². The minimum atomic E-state index is -0.491. The van der Waals surface area contributed by atoms with Gasteiger partial charge in [0.15, 0.2) is 17.3 Å². The molecule has 24 heavy (non-hydrogen) atoms. The normalized spacial score (nSPS) is 13.0. The summed E-state index contributed by atoms with van der Waals surface area (Å²) >= 11 is 0. The highest BCUT2D eigenvalue weighted by atomic mass is 16.6. The predicted molar refractivity (Wildman–Crippen MR) is 83.7 cm³/mol. The number of ether oxygens (including phenoxy) is 2. The molecule has 1 aliphatic heterocycles. The minimum absolute atomic E-state index is 0.0540. The van der Waals surface area contributed by atoms with E-state index in [2.05, 4.69) is 0 Å². The molecule has 0 radical (unpaired) electrons. The first kappa shape index (κ1) is 14.3. The highest BCUT2D eigenvalue weighted by Crippen LogP contribution is 2.32. The number of nitrogens with zero attached hydrogens (tertiary/aromatic N) is 1. The highest BCUT2D eigenvalue weighted by molar-refractivity contribution is 6.09. The van der Waals surface area contributed by atoms with Gasteiger partial charge in [-0.3, -0.25) is 14.9 Å². The van der Waals surface area contributed by atoms with E-state index in [-0.39, 0.29) is 17.2 Å². The van der Waals surface area contributed by atoms with E-state index in [4.69, 9.17) is 13.9 Å². The second kappa shape index (κ2) is 5.38. The number of benzene rings is 2. The maximum absolute atomic E-state index is 12.6. The average Bonchev–Trinajstić information content (AvgIpc) is 3.03. The van der Waals surface area contributed by atoms with Crippen LogP contribution in [0.3, 0.4) is 0 Å². The second-order valence-electron chi connectivity index (χ2n) is 5.28. The van der Waals surface area contributed by atoms with E-state index in [1.165, 1.54) is 24.3 Å². The molecule has 4 rings (SSSR count). The van der Waals surface area contributed by atoms with Crippen molar-refractivity contribution in [2.24, 2.45) is 0 Å². The van der Waals surface area contributed by atoms with Gasteiger partial charge in [0.25, 0.3) is 5.69 Å². The molecule has 0 bridgehead atoms. The Kier molecular flexibility index (Phi) is 3.19. The van der Waals surface area contributed by atoms with Gasteiger partial charge in [0.05, 0.1) is 4.92 Å². The summed E-state index contributed by atoms with van der Waals surface area (Å²) < 4.78 is 16.4. The number of carbonyl (C=O) groups is 1. The zero-order valence-corrected chi connectivity index (χ0v) is 12.4. The third-order valence-corrected chi connectivity index (χ3v) is 3.74. The van der Waals surface area contributed by atoms with Crippen LogP contribution in [-0.4, -0.2) is 23.9 Å². The number of furan rings is 1. The van der Waals surface area contributed by atoms with E-state index in [1.54, 1.807) is 18.2 Å². The van der Waals surface area contributed by atoms with Gasteiger partial charge < -0.3 is 13.9 Å². The van der Waals surface area contributed by atoms with Crippen LogP contribution in [0.25, 0.3) is 11.0 Å². The smallest absolute Gasteiger partial charge is 0.270 e. The summed E-state index contributed by atoms with van der Waals surface area (Å²) in [5, 5.41) is 11.3. The van der Waals surface area contributed by atoms with E-state index in [0.717, 1.165) is 0 Å². The van der Waals surface area contributed by atoms with Crippen LogP contribution in [0.2, 0.25) is 0 Å². The van der Waals surface area contributed by atoms with Crippen molar-refractivity contribution < 1.29 is 23.6 Å². The lowest BCUT2D eigenvalue weighted by atomic mass is 10.1. The maximum atomic E-state index is 12.6. The van der Waals surface area contributed by atoms with Crippen LogP contribution in [0.1, 0.15) is 16.1 Å². The lowest BCUT2D eigenvalue weighted by Gasteiger charge is -2.18. The number of hydrogen-bond donors (Lipinski definition) is 0. The predicted octanol–water partition coefficient (Wildman–Crippen LogP) is 3.34. The Labute approximate surface area is 135 Å². The quantitative estimate of drug-likeness (QED) is 0.416. The van der Waals surface area contributed by atoms with Crippen molar-refractivity contribution in [2.45, 2.75) is 0 Å². The fourth-order valence-corrected chi connectivity index (χ4v) is 2.58. The molecule has 2 aromatic carbocycles. The van der Waals surface area contributed by atoms with Crippen molar-refractivity contribution in [3.8, 4) is 11.5 Å². The largest absolute Gasteiger partial charge is 0.486 e. The van der Waals surface area contributed by atoms with Gasteiger partial charge in [-0.05, 0) is 30.3 Å². The Hall–Kier alpha value is -3.35. The van der Waals surface area contributed by atoms with Gasteiger partial charge in [-0.2, -0.15) is 0 Å². The highest BCUT2D eigenvalue weighted by Gasteiger charge is 2.19. The summed E-state index contributed by atoms with van der Waals surface area (Å²) in [7, 11) is 0. The molecule has 7 nitrogen and oxygen atoms in total. The van der Waals surface area contributed by atoms with Crippen LogP contribution < -0.4 is 9.47 Å². The zero-order chi connectivity index (χ0) is 16.7. The molecule has 0 N–H and O–H groups in total. The van der Waals surface area contributed by atoms with Gasteiger partial charge in [0, 0.05) is 23.1 Å². The fraction of sp³-hybridized carbons (Fsp3) is 0.118. The summed E-state index contributed by atoms with van der Waals surface area (Å²) in [5.41, 5.74) is 0.760. The summed E-state index contributed by atoms with van der Waals surface area (Å²) in [5.74, 6) is 0.893. The molecule has 2 heterocycles. The Balaban J connectivity index is 1.71. The number of nitro benzene ring substituents is 1. The van der Waals surface area contributed by atoms with E-state index < -0.39 is 4.92 Å². The standard InChI is InChI=1S/C17H11NO6/c19-17(10-1-3-14-15(8-10)23-6-5-22-14)16-9-11-7-12(18(20)21)2-4-13(11)24-16/h1-4,7-9H,5-6H2. The van der Waals surface area contributed by atoms with Gasteiger partial charge in [0.2, 0.25) is 5.78 Å². The molecule has 1 aliphatic rings. The van der Waals surface area contributed by atoms with Crippen LogP contribution in [0.15, 0.2) is 46.9 Å². The lowest BCUT2D eigenvalue weighted by molar-refractivity contribution is -0.384. The molecular weight excluding hydrogens is 314 g/mol. The molecule has 0 amide bonds. The SMILES string of the molecule is O=C(c1ccc2c(c1)OCCO2)c1cc2cc([N+](=O)[O-])ccc2o1. The monoisotopic (exact) mass is 325 g/mol. The van der Waals surface area contributed by atoms with Gasteiger partial charge in [0.1, 0.15) is 18.8 Å². The van der Waals surface area contributed by atoms with E-state index in [9.17, 15) is 14.9 Å². The molecule has 1 aromatic heterocycles. The fourth-order valence-electron chi connectivity index (χ4n) is 2.58. The van der Waals surface area contributed by atoms with Gasteiger partial charge in [-0.25, -0.2) is 0 Å². The van der Waals surface area contributed by atoms with Crippen LogP contribution in [0, 0.1) is 10.1 Å². The first-order valence-corrected chi connectivity index (χ1v) is 7.24. The second-order valence-corrected chi connectivity index (χ2v) is 5.28. The number of hydrogen-bond acceptors (Lipinski definition) is 6. The number of ketones is 1. The van der Waals surface area contributed by atoms with Crippen molar-refractivity contribution in [3.63, 3.8) is 0 Å². The molecule has 120 valence electrons. The van der Waals surface area contributed by atoms with E-state index in [0.29, 0.717) is 41.2 Å². The Bertz CT molecular complexity index is 974. The molecule has 0 atom stereocenters. The van der Waals surface area contributed by atoms with Gasteiger partial charge in [-0.15, -0.1) is 0 Å². The molecule has 0 spiro atoms. The molecule has 0 saturated carbocycles. The molecule has 0 saturated heterocycles. The van der Waals surface area contributed by atoms with Gasteiger partial charge >= 0.3 is 0 Å². The zero-order valence-electron chi connectivity index (χ0n) is 12.4. The summed E-state index contributed by atoms with van der Waals surface area (Å²) in [6.45, 7) is 0.904. The number of fused-ring (bicyclic) bond motifs is 2. The van der Waals surface area contributed by atoms with Crippen LogP contribution in [0.5, 0.6) is 11.5 Å². The van der Waals surface area contributed by atoms with Crippen molar-refractivity contribution in [1.29, 1.82) is 0 Å². The van der Waals surface area contributed by atoms with Crippen molar-refractivity contribution >= 4 is 22.4 Å². The molecule has 0 fully saturated rings. The first-order valence-electron chi connectivity index (χ1n) is 7.24. The number of carbonyl (C=O) groups excluding carboxylic acids is 1. The summed E-state index contributed by atoms with van der Waals surface area (Å²) in [6.07, 6.45) is 0. The van der Waals surface area contributed by atoms with E-state index in [1.807, 2.05) is 0 Å². The van der Waals surface area contributed by atoms with Crippen molar-refractivity contribution in [2.75, 3.05) is 13.2 Å². The molecule has 0 aliphatic carbocycles. The minimum Gasteiger partial charge on any atom is -0.486 e. The number of non-ortho nitro benzene ring substituents is 1. The van der Waals surface area contributed by atoms with Crippen LogP contribution >= 0.6 is 0 Å². The Morgan fingerprint density at radius 1 is 1.00 bits per heavy atom. The Morgan fingerprint density at radius 2 is 1.79 bits per heavy atom. The average molecular weight is 325 g/mol. The molecule has 0 unspecified atom stereocenters. The Morgan fingerprint density at radius 3 is 2.58 bits per heavy atom. The summed E-state index contributed by atoms with van der Waals surface area (Å²) in [6, 6.07) is 10.6. The third-order valence-electron chi connectivity index (χ3n) is 3.74. The van der Waals surface area contributed by atoms with Crippen molar-refractivity contribution in [3.05, 3.63) is 63.9 Å². The maximum Gasteiger partial charge on any atom is 0.270 e. The first-order chi connectivity index (χ1) is 11.6. The number of rotatable bonds is 3. The van der Waals surface area contributed by atoms with Crippen molar-refractivity contribution in [1.82, 2.24) is 0 Å². The summed E-state index contributed by atoms with van der Waals surface area (Å²) in [4.78, 5) is 22.9. The van der Waals surface area contributed by atoms with Gasteiger partial charge in [-0.1, -0.05) is 0 Å². The molecular formula is C17H11NO6. The lowest BCUT2D eigenvalue weighted by Crippen LogP contribution is -2.15. The third kappa shape index (κ3) is 2.36. The van der Waals surface area contributed by atoms with Crippen LogP contribution in [-0.2, 0) is 0 Å². The molecule has 3 aromatic rings. The molecule has 7 heteroatoms. The number of nitro groups is 1. The van der Waals surface area contributed by atoms with Crippen LogP contribution in [0.4, 0.5) is 5.69 Å².